The van der Waals surface area contributed by atoms with Crippen LogP contribution in [0.15, 0.2) is 29.8 Å². The Morgan fingerprint density at radius 1 is 1.36 bits per heavy atom. The minimum absolute atomic E-state index is 0.0263. The fourth-order valence-electron chi connectivity index (χ4n) is 3.50. The third-order valence-electron chi connectivity index (χ3n) is 4.90. The fraction of sp³-hybridized carbons (Fsp3) is 0.389. The van der Waals surface area contributed by atoms with Crippen molar-refractivity contribution >= 4 is 28.6 Å². The van der Waals surface area contributed by atoms with Crippen LogP contribution in [0.3, 0.4) is 0 Å². The highest BCUT2D eigenvalue weighted by Gasteiger charge is 2.40. The first-order valence-electron chi connectivity index (χ1n) is 8.77. The van der Waals surface area contributed by atoms with Crippen molar-refractivity contribution in [1.82, 2.24) is 15.0 Å². The number of rotatable bonds is 3. The number of alkyl halides is 1. The predicted molar refractivity (Wildman–Crippen MR) is 98.9 cm³/mol. The first-order valence-corrected chi connectivity index (χ1v) is 9.59. The van der Waals surface area contributed by atoms with Gasteiger partial charge in [-0.25, -0.2) is 18.8 Å². The van der Waals surface area contributed by atoms with E-state index in [9.17, 15) is 13.6 Å². The van der Waals surface area contributed by atoms with E-state index < -0.39 is 29.9 Å². The number of nitriles is 1. The average Bonchev–Trinajstić information content (AvgIpc) is 3.37. The van der Waals surface area contributed by atoms with Gasteiger partial charge in [-0.3, -0.25) is 9.78 Å². The Hall–Kier alpha value is -2.93. The zero-order chi connectivity index (χ0) is 19.7. The number of hydrogen-bond acceptors (Lipinski definition) is 7. The molecule has 2 aliphatic rings. The molecule has 0 spiro atoms. The average molecular weight is 402 g/mol. The van der Waals surface area contributed by atoms with Crippen LogP contribution in [0.25, 0.3) is 0 Å². The summed E-state index contributed by atoms with van der Waals surface area (Å²) < 4.78 is 28.4. The summed E-state index contributed by atoms with van der Waals surface area (Å²) in [7, 11) is 0. The SMILES string of the molecule is N#Cc1cnc(N2CC[C@H](C(=O)N3N=CC[C@H]3c3cncc(F)c3)[C@H](F)C2)s1. The van der Waals surface area contributed by atoms with Crippen LogP contribution < -0.4 is 4.90 Å². The molecule has 0 bridgehead atoms. The van der Waals surface area contributed by atoms with Crippen LogP contribution in [0.1, 0.15) is 29.3 Å². The van der Waals surface area contributed by atoms with E-state index >= 15 is 0 Å². The Morgan fingerprint density at radius 2 is 2.21 bits per heavy atom. The minimum atomic E-state index is -1.39. The summed E-state index contributed by atoms with van der Waals surface area (Å²) in [6, 6.07) is 2.86. The third-order valence-corrected chi connectivity index (χ3v) is 5.86. The van der Waals surface area contributed by atoms with Crippen LogP contribution in [0.4, 0.5) is 13.9 Å². The summed E-state index contributed by atoms with van der Waals surface area (Å²) in [4.78, 5) is 23.1. The highest BCUT2D eigenvalue weighted by molar-refractivity contribution is 7.16. The molecule has 0 unspecified atom stereocenters. The molecular formula is C18H16F2N6OS. The summed E-state index contributed by atoms with van der Waals surface area (Å²) in [6.07, 6.45) is 4.97. The van der Waals surface area contributed by atoms with Gasteiger partial charge in [-0.2, -0.15) is 10.4 Å². The third kappa shape index (κ3) is 3.45. The minimum Gasteiger partial charge on any atom is -0.345 e. The second kappa shape index (κ2) is 7.59. The smallest absolute Gasteiger partial charge is 0.249 e. The standard InChI is InChI=1S/C18H16F2N6OS/c19-12-5-11(7-22-8-12)16-1-3-24-26(16)17(27)14-2-4-25(10-15(14)20)18-23-9-13(6-21)28-18/h3,5,7-9,14-16H,1-2,4,10H2/t14-,15+,16-/m0/s1. The van der Waals surface area contributed by atoms with Crippen molar-refractivity contribution in [3.63, 3.8) is 0 Å². The van der Waals surface area contributed by atoms with E-state index in [0.717, 1.165) is 6.20 Å². The Morgan fingerprint density at radius 3 is 2.93 bits per heavy atom. The number of anilines is 1. The number of pyridine rings is 1. The van der Waals surface area contributed by atoms with Crippen molar-refractivity contribution in [2.45, 2.75) is 25.1 Å². The lowest BCUT2D eigenvalue weighted by molar-refractivity contribution is -0.140. The van der Waals surface area contributed by atoms with Crippen molar-refractivity contribution in [3.8, 4) is 6.07 Å². The summed E-state index contributed by atoms with van der Waals surface area (Å²) in [6.45, 7) is 0.484. The Balaban J connectivity index is 1.46. The number of carbonyl (C=O) groups is 1. The topological polar surface area (TPSA) is 85.5 Å². The number of halogens is 2. The number of hydrogen-bond donors (Lipinski definition) is 0. The van der Waals surface area contributed by atoms with Gasteiger partial charge in [0.1, 0.15) is 22.9 Å². The molecule has 0 N–H and O–H groups in total. The van der Waals surface area contributed by atoms with E-state index in [4.69, 9.17) is 5.26 Å². The van der Waals surface area contributed by atoms with E-state index in [1.54, 1.807) is 11.1 Å². The summed E-state index contributed by atoms with van der Waals surface area (Å²) in [5, 5.41) is 14.8. The van der Waals surface area contributed by atoms with E-state index in [1.165, 1.54) is 34.8 Å². The van der Waals surface area contributed by atoms with Gasteiger partial charge in [0.25, 0.3) is 0 Å². The van der Waals surface area contributed by atoms with Crippen molar-refractivity contribution in [2.75, 3.05) is 18.0 Å². The molecule has 0 radical (unpaired) electrons. The molecule has 2 aliphatic heterocycles. The van der Waals surface area contributed by atoms with E-state index in [0.29, 0.717) is 35.0 Å². The number of aromatic nitrogens is 2. The van der Waals surface area contributed by atoms with Crippen LogP contribution in [-0.4, -0.2) is 46.4 Å². The lowest BCUT2D eigenvalue weighted by atomic mass is 9.93. The molecule has 7 nitrogen and oxygen atoms in total. The number of thiazole rings is 1. The Kier molecular flexibility index (Phi) is 5.00. The van der Waals surface area contributed by atoms with Gasteiger partial charge in [-0.15, -0.1) is 0 Å². The maximum atomic E-state index is 14.9. The first-order chi connectivity index (χ1) is 13.6. The second-order valence-electron chi connectivity index (χ2n) is 6.64. The van der Waals surface area contributed by atoms with Crippen LogP contribution in [-0.2, 0) is 4.79 Å². The van der Waals surface area contributed by atoms with Crippen LogP contribution >= 0.6 is 11.3 Å². The molecule has 3 atom stereocenters. The van der Waals surface area contributed by atoms with Gasteiger partial charge in [0.15, 0.2) is 5.13 Å². The van der Waals surface area contributed by atoms with Crippen LogP contribution in [0.2, 0.25) is 0 Å². The van der Waals surface area contributed by atoms with Crippen LogP contribution in [0.5, 0.6) is 0 Å². The lowest BCUT2D eigenvalue weighted by Crippen LogP contribution is -2.48. The fourth-order valence-corrected chi connectivity index (χ4v) is 4.25. The zero-order valence-electron chi connectivity index (χ0n) is 14.7. The Bertz CT molecular complexity index is 958. The molecule has 0 aliphatic carbocycles. The first kappa shape index (κ1) is 18.4. The van der Waals surface area contributed by atoms with Crippen LogP contribution in [0, 0.1) is 23.1 Å². The van der Waals surface area contributed by atoms with Gasteiger partial charge >= 0.3 is 0 Å². The van der Waals surface area contributed by atoms with Gasteiger partial charge in [-0.1, -0.05) is 11.3 Å². The van der Waals surface area contributed by atoms with Crippen molar-refractivity contribution in [3.05, 3.63) is 40.9 Å². The predicted octanol–water partition coefficient (Wildman–Crippen LogP) is 2.67. The molecule has 10 heteroatoms. The summed E-state index contributed by atoms with van der Waals surface area (Å²) >= 11 is 1.20. The van der Waals surface area contributed by atoms with Crippen molar-refractivity contribution < 1.29 is 13.6 Å². The van der Waals surface area contributed by atoms with E-state index in [2.05, 4.69) is 15.1 Å². The van der Waals surface area contributed by atoms with Gasteiger partial charge in [-0.05, 0) is 18.1 Å². The Labute approximate surface area is 163 Å². The molecule has 0 saturated carbocycles. The molecule has 28 heavy (non-hydrogen) atoms. The molecule has 144 valence electrons. The zero-order valence-corrected chi connectivity index (χ0v) is 15.5. The van der Waals surface area contributed by atoms with Crippen molar-refractivity contribution in [1.29, 1.82) is 5.26 Å². The molecule has 0 aromatic carbocycles. The highest BCUT2D eigenvalue weighted by atomic mass is 32.1. The quantitative estimate of drug-likeness (QED) is 0.788. The van der Waals surface area contributed by atoms with Gasteiger partial charge in [0.2, 0.25) is 5.91 Å². The number of piperidine rings is 1. The van der Waals surface area contributed by atoms with Crippen molar-refractivity contribution in [2.24, 2.45) is 11.0 Å². The van der Waals surface area contributed by atoms with Gasteiger partial charge in [0, 0.05) is 25.4 Å². The molecule has 1 amide bonds. The number of hydrazone groups is 1. The molecule has 4 rings (SSSR count). The lowest BCUT2D eigenvalue weighted by Gasteiger charge is -2.35. The number of nitrogens with zero attached hydrogens (tertiary/aromatic N) is 6. The maximum absolute atomic E-state index is 14.9. The summed E-state index contributed by atoms with van der Waals surface area (Å²) in [5.41, 5.74) is 0.533. The number of amides is 1. The van der Waals surface area contributed by atoms with Gasteiger partial charge < -0.3 is 4.90 Å². The monoisotopic (exact) mass is 402 g/mol. The van der Waals surface area contributed by atoms with E-state index in [1.807, 2.05) is 6.07 Å². The number of carbonyl (C=O) groups excluding carboxylic acids is 1. The maximum Gasteiger partial charge on any atom is 0.249 e. The molecule has 4 heterocycles. The largest absolute Gasteiger partial charge is 0.345 e. The normalized spacial score (nSPS) is 24.4. The second-order valence-corrected chi connectivity index (χ2v) is 7.65. The highest BCUT2D eigenvalue weighted by Crippen LogP contribution is 2.34. The molecule has 2 aromatic heterocycles. The molecule has 2 aromatic rings. The van der Waals surface area contributed by atoms with Gasteiger partial charge in [0.05, 0.1) is 30.9 Å². The van der Waals surface area contributed by atoms with E-state index in [-0.39, 0.29) is 6.54 Å². The summed E-state index contributed by atoms with van der Waals surface area (Å²) in [5.74, 6) is -1.73. The molecular weight excluding hydrogens is 386 g/mol. The molecule has 1 fully saturated rings. The molecule has 1 saturated heterocycles.